The molecule has 1 aliphatic heterocycles. The number of methoxy groups -OCH3 is 1. The van der Waals surface area contributed by atoms with E-state index in [1.54, 1.807) is 0 Å². The molecule has 2 rings (SSSR count). The summed E-state index contributed by atoms with van der Waals surface area (Å²) in [7, 11) is 1.83. The van der Waals surface area contributed by atoms with Gasteiger partial charge in [0, 0.05) is 19.6 Å². The molecular formula is C20H36O3. The highest BCUT2D eigenvalue weighted by atomic mass is 16.5. The first-order valence-corrected chi connectivity index (χ1v) is 9.40. The van der Waals surface area contributed by atoms with Crippen molar-refractivity contribution < 1.29 is 14.2 Å². The van der Waals surface area contributed by atoms with Crippen LogP contribution in [0, 0.1) is 17.8 Å². The molecule has 23 heavy (non-hydrogen) atoms. The van der Waals surface area contributed by atoms with Crippen LogP contribution in [-0.4, -0.2) is 38.1 Å². The molecule has 0 radical (unpaired) electrons. The van der Waals surface area contributed by atoms with E-state index in [1.165, 1.54) is 18.4 Å². The van der Waals surface area contributed by atoms with Crippen LogP contribution in [0.15, 0.2) is 11.6 Å². The number of ether oxygens (including phenoxy) is 3. The van der Waals surface area contributed by atoms with Gasteiger partial charge in [-0.1, -0.05) is 25.5 Å². The molecule has 0 N–H and O–H groups in total. The first-order chi connectivity index (χ1) is 10.9. The lowest BCUT2D eigenvalue weighted by molar-refractivity contribution is -0.0955. The Morgan fingerprint density at radius 1 is 1.26 bits per heavy atom. The van der Waals surface area contributed by atoms with Crippen molar-refractivity contribution in [1.29, 1.82) is 0 Å². The first-order valence-electron chi connectivity index (χ1n) is 9.40. The molecule has 0 aromatic carbocycles. The van der Waals surface area contributed by atoms with Crippen molar-refractivity contribution in [1.82, 2.24) is 0 Å². The quantitative estimate of drug-likeness (QED) is 0.611. The molecule has 2 aliphatic rings. The van der Waals surface area contributed by atoms with E-state index in [1.807, 2.05) is 7.11 Å². The van der Waals surface area contributed by atoms with Gasteiger partial charge in [0.2, 0.25) is 0 Å². The van der Waals surface area contributed by atoms with E-state index >= 15 is 0 Å². The Bertz CT molecular complexity index is 384. The fourth-order valence-corrected chi connectivity index (χ4v) is 4.16. The number of hydrogen-bond acceptors (Lipinski definition) is 3. The monoisotopic (exact) mass is 324 g/mol. The Morgan fingerprint density at radius 3 is 2.43 bits per heavy atom. The zero-order chi connectivity index (χ0) is 17.0. The molecule has 1 saturated heterocycles. The minimum atomic E-state index is 0.155. The van der Waals surface area contributed by atoms with Gasteiger partial charge in [0.15, 0.2) is 0 Å². The van der Waals surface area contributed by atoms with Crippen molar-refractivity contribution in [3.05, 3.63) is 11.6 Å². The second-order valence-corrected chi connectivity index (χ2v) is 7.97. The zero-order valence-electron chi connectivity index (χ0n) is 15.9. The molecule has 1 saturated carbocycles. The highest BCUT2D eigenvalue weighted by Crippen LogP contribution is 2.45. The summed E-state index contributed by atoms with van der Waals surface area (Å²) in [6, 6.07) is 0. The SMILES string of the molecule is CO[C@H]1C(/C(C)=C/CCC(C)C)[C@H](C2CCO2)C[C@H]1OC(C)C. The summed E-state index contributed by atoms with van der Waals surface area (Å²) in [5.41, 5.74) is 1.47. The minimum absolute atomic E-state index is 0.155. The lowest BCUT2D eigenvalue weighted by atomic mass is 9.81. The van der Waals surface area contributed by atoms with Crippen molar-refractivity contribution >= 4 is 0 Å². The summed E-state index contributed by atoms with van der Waals surface area (Å²) in [5, 5.41) is 0. The molecule has 134 valence electrons. The highest BCUT2D eigenvalue weighted by molar-refractivity contribution is 5.15. The summed E-state index contributed by atoms with van der Waals surface area (Å²) in [5.74, 6) is 1.72. The third-order valence-electron chi connectivity index (χ3n) is 5.35. The van der Waals surface area contributed by atoms with Crippen molar-refractivity contribution in [2.75, 3.05) is 13.7 Å². The fourth-order valence-electron chi connectivity index (χ4n) is 4.16. The summed E-state index contributed by atoms with van der Waals surface area (Å²) in [4.78, 5) is 0. The van der Waals surface area contributed by atoms with Crippen LogP contribution < -0.4 is 0 Å². The molecule has 0 aromatic heterocycles. The van der Waals surface area contributed by atoms with Crippen LogP contribution in [0.25, 0.3) is 0 Å². The van der Waals surface area contributed by atoms with Crippen LogP contribution in [0.2, 0.25) is 0 Å². The Morgan fingerprint density at radius 2 is 1.96 bits per heavy atom. The smallest absolute Gasteiger partial charge is 0.0901 e. The summed E-state index contributed by atoms with van der Waals surface area (Å²) in [6.07, 6.45) is 8.06. The van der Waals surface area contributed by atoms with Crippen LogP contribution in [-0.2, 0) is 14.2 Å². The van der Waals surface area contributed by atoms with Crippen molar-refractivity contribution in [2.24, 2.45) is 17.8 Å². The molecule has 2 unspecified atom stereocenters. The average Bonchev–Trinajstić information content (AvgIpc) is 2.73. The maximum absolute atomic E-state index is 6.18. The van der Waals surface area contributed by atoms with Gasteiger partial charge in [-0.05, 0) is 58.3 Å². The van der Waals surface area contributed by atoms with Crippen molar-refractivity contribution in [3.63, 3.8) is 0 Å². The molecule has 0 aromatic rings. The van der Waals surface area contributed by atoms with E-state index in [0.29, 0.717) is 17.9 Å². The van der Waals surface area contributed by atoms with Crippen LogP contribution >= 0.6 is 0 Å². The van der Waals surface area contributed by atoms with Crippen LogP contribution in [0.4, 0.5) is 0 Å². The van der Waals surface area contributed by atoms with Gasteiger partial charge in [-0.3, -0.25) is 0 Å². The molecule has 3 nitrogen and oxygen atoms in total. The van der Waals surface area contributed by atoms with Gasteiger partial charge in [0.1, 0.15) is 0 Å². The number of allylic oxidation sites excluding steroid dienone is 1. The van der Waals surface area contributed by atoms with E-state index in [4.69, 9.17) is 14.2 Å². The van der Waals surface area contributed by atoms with E-state index in [0.717, 1.165) is 25.4 Å². The third kappa shape index (κ3) is 4.80. The summed E-state index contributed by atoms with van der Waals surface area (Å²) in [6.45, 7) is 12.0. The van der Waals surface area contributed by atoms with E-state index in [9.17, 15) is 0 Å². The molecular weight excluding hydrogens is 288 g/mol. The minimum Gasteiger partial charge on any atom is -0.378 e. The van der Waals surface area contributed by atoms with Gasteiger partial charge in [-0.25, -0.2) is 0 Å². The predicted molar refractivity (Wildman–Crippen MR) is 94.6 cm³/mol. The van der Waals surface area contributed by atoms with E-state index < -0.39 is 0 Å². The largest absolute Gasteiger partial charge is 0.378 e. The molecule has 0 amide bonds. The highest BCUT2D eigenvalue weighted by Gasteiger charge is 2.49. The molecule has 0 spiro atoms. The fraction of sp³-hybridized carbons (Fsp3) is 0.900. The number of rotatable bonds is 8. The third-order valence-corrected chi connectivity index (χ3v) is 5.35. The van der Waals surface area contributed by atoms with Gasteiger partial charge < -0.3 is 14.2 Å². The number of hydrogen-bond donors (Lipinski definition) is 0. The van der Waals surface area contributed by atoms with Gasteiger partial charge in [0.05, 0.1) is 24.4 Å². The predicted octanol–water partition coefficient (Wildman–Crippen LogP) is 4.60. The molecule has 1 heterocycles. The normalized spacial score (nSPS) is 35.1. The zero-order valence-corrected chi connectivity index (χ0v) is 15.9. The van der Waals surface area contributed by atoms with Crippen LogP contribution in [0.1, 0.15) is 60.3 Å². The van der Waals surface area contributed by atoms with Gasteiger partial charge in [-0.15, -0.1) is 0 Å². The first kappa shape index (κ1) is 19.0. The summed E-state index contributed by atoms with van der Waals surface area (Å²) < 4.78 is 17.9. The topological polar surface area (TPSA) is 27.7 Å². The van der Waals surface area contributed by atoms with Gasteiger partial charge in [0.25, 0.3) is 0 Å². The maximum atomic E-state index is 6.18. The Hall–Kier alpha value is -0.380. The van der Waals surface area contributed by atoms with E-state index in [2.05, 4.69) is 40.7 Å². The molecule has 2 fully saturated rings. The van der Waals surface area contributed by atoms with E-state index in [-0.39, 0.29) is 18.3 Å². The van der Waals surface area contributed by atoms with Crippen molar-refractivity contribution in [3.8, 4) is 0 Å². The van der Waals surface area contributed by atoms with Crippen LogP contribution in [0.5, 0.6) is 0 Å². The second-order valence-electron chi connectivity index (χ2n) is 7.97. The Kier molecular flexibility index (Phi) is 7.12. The maximum Gasteiger partial charge on any atom is 0.0901 e. The molecule has 1 aliphatic carbocycles. The Labute approximate surface area is 142 Å². The average molecular weight is 325 g/mol. The van der Waals surface area contributed by atoms with Gasteiger partial charge in [-0.2, -0.15) is 0 Å². The molecule has 3 heteroatoms. The lowest BCUT2D eigenvalue weighted by Crippen LogP contribution is -2.39. The Balaban J connectivity index is 2.12. The lowest BCUT2D eigenvalue weighted by Gasteiger charge is -2.36. The standard InChI is InChI=1S/C20H36O3/c1-13(2)8-7-9-15(5)19-16(17-10-11-22-17)12-18(20(19)21-6)23-14(3)4/h9,13-14,16-20H,7-8,10-12H2,1-6H3/b15-9+/t16-,17?,18+,19?,20+/m0/s1. The molecule has 5 atom stereocenters. The van der Waals surface area contributed by atoms with Crippen LogP contribution in [0.3, 0.4) is 0 Å². The summed E-state index contributed by atoms with van der Waals surface area (Å²) >= 11 is 0. The van der Waals surface area contributed by atoms with Gasteiger partial charge >= 0.3 is 0 Å². The van der Waals surface area contributed by atoms with Crippen molar-refractivity contribution in [2.45, 2.75) is 84.7 Å². The molecule has 0 bridgehead atoms. The second kappa shape index (κ2) is 8.64.